The van der Waals surface area contributed by atoms with Gasteiger partial charge >= 0.3 is 0 Å². The van der Waals surface area contributed by atoms with Crippen LogP contribution in [0.2, 0.25) is 0 Å². The van der Waals surface area contributed by atoms with Gasteiger partial charge in [-0.2, -0.15) is 4.31 Å². The predicted octanol–water partition coefficient (Wildman–Crippen LogP) is 1.74. The fraction of sp³-hybridized carbons (Fsp3) is 0.450. The summed E-state index contributed by atoms with van der Waals surface area (Å²) in [6, 6.07) is 7.70. The van der Waals surface area contributed by atoms with Gasteiger partial charge in [0.25, 0.3) is 5.91 Å². The number of aromatic nitrogens is 2. The molecule has 2 saturated heterocycles. The summed E-state index contributed by atoms with van der Waals surface area (Å²) in [7, 11) is -3.59. The lowest BCUT2D eigenvalue weighted by atomic mass is 10.1. The van der Waals surface area contributed by atoms with E-state index in [1.807, 2.05) is 0 Å². The minimum Gasteiger partial charge on any atom is -0.379 e. The van der Waals surface area contributed by atoms with Gasteiger partial charge in [-0.05, 0) is 43.5 Å². The molecule has 1 aromatic heterocycles. The number of nitrogens with zero attached hydrogens (tertiary/aromatic N) is 4. The molecule has 0 bridgehead atoms. The topological polar surface area (TPSA) is 105 Å². The van der Waals surface area contributed by atoms with Crippen LogP contribution in [-0.4, -0.2) is 68.0 Å². The maximum atomic E-state index is 12.7. The summed E-state index contributed by atoms with van der Waals surface area (Å²) in [5.74, 6) is 0.862. The Balaban J connectivity index is 1.44. The van der Waals surface area contributed by atoms with Gasteiger partial charge in [-0.3, -0.25) is 4.79 Å². The van der Waals surface area contributed by atoms with E-state index in [0.717, 1.165) is 31.7 Å². The molecule has 4 rings (SSSR count). The lowest BCUT2D eigenvalue weighted by Crippen LogP contribution is -2.40. The van der Waals surface area contributed by atoms with E-state index in [2.05, 4.69) is 20.2 Å². The first-order valence-corrected chi connectivity index (χ1v) is 11.5. The number of sulfonamides is 1. The molecule has 30 heavy (non-hydrogen) atoms. The molecule has 2 fully saturated rings. The summed E-state index contributed by atoms with van der Waals surface area (Å²) in [5, 5.41) is 2.77. The number of anilines is 2. The Morgan fingerprint density at radius 1 is 0.967 bits per heavy atom. The molecule has 1 amide bonds. The van der Waals surface area contributed by atoms with Gasteiger partial charge in [0, 0.05) is 37.8 Å². The van der Waals surface area contributed by atoms with Crippen LogP contribution in [-0.2, 0) is 14.8 Å². The number of rotatable bonds is 5. The van der Waals surface area contributed by atoms with Crippen LogP contribution >= 0.6 is 0 Å². The zero-order chi connectivity index (χ0) is 21.0. The van der Waals surface area contributed by atoms with E-state index in [4.69, 9.17) is 4.74 Å². The van der Waals surface area contributed by atoms with Crippen LogP contribution in [0.4, 0.5) is 11.6 Å². The molecular formula is C20H25N5O4S. The summed E-state index contributed by atoms with van der Waals surface area (Å²) in [5.41, 5.74) is 0.356. The Bertz CT molecular complexity index is 985. The average Bonchev–Trinajstić information content (AvgIpc) is 2.80. The summed E-state index contributed by atoms with van der Waals surface area (Å²) in [6.07, 6.45) is 4.93. The first-order chi connectivity index (χ1) is 14.5. The zero-order valence-electron chi connectivity index (χ0n) is 16.7. The van der Waals surface area contributed by atoms with Crippen molar-refractivity contribution < 1.29 is 17.9 Å². The van der Waals surface area contributed by atoms with E-state index in [-0.39, 0.29) is 10.8 Å². The number of morpholine rings is 1. The molecule has 0 aliphatic carbocycles. The molecule has 2 aliphatic rings. The van der Waals surface area contributed by atoms with Gasteiger partial charge in [-0.15, -0.1) is 0 Å². The number of amides is 1. The van der Waals surface area contributed by atoms with Crippen LogP contribution in [0, 0.1) is 0 Å². The number of hydrogen-bond donors (Lipinski definition) is 1. The van der Waals surface area contributed by atoms with Crippen LogP contribution in [0.3, 0.4) is 0 Å². The van der Waals surface area contributed by atoms with Crippen molar-refractivity contribution in [3.05, 3.63) is 42.2 Å². The standard InChI is InChI=1S/C20H25N5O4S/c26-20(23-18-14-19(22-15-21-18)24-8-2-1-3-9-24)16-4-6-17(7-5-16)30(27,28)25-10-12-29-13-11-25/h4-7,14-15H,1-3,8-13H2,(H,21,22,23,26). The number of carbonyl (C=O) groups is 1. The monoisotopic (exact) mass is 431 g/mol. The van der Waals surface area contributed by atoms with Crippen molar-refractivity contribution in [1.82, 2.24) is 14.3 Å². The molecule has 10 heteroatoms. The Labute approximate surface area is 176 Å². The minimum absolute atomic E-state index is 0.162. The number of piperidine rings is 1. The van der Waals surface area contributed by atoms with Crippen LogP contribution in [0.5, 0.6) is 0 Å². The van der Waals surface area contributed by atoms with E-state index in [0.29, 0.717) is 37.7 Å². The highest BCUT2D eigenvalue weighted by Gasteiger charge is 2.26. The SMILES string of the molecule is O=C(Nc1cc(N2CCCCC2)ncn1)c1ccc(S(=O)(=O)N2CCOCC2)cc1. The summed E-state index contributed by atoms with van der Waals surface area (Å²) >= 11 is 0. The van der Waals surface area contributed by atoms with Gasteiger partial charge < -0.3 is 15.0 Å². The van der Waals surface area contributed by atoms with Crippen molar-refractivity contribution in [1.29, 1.82) is 0 Å². The van der Waals surface area contributed by atoms with Crippen molar-refractivity contribution in [3.63, 3.8) is 0 Å². The van der Waals surface area contributed by atoms with E-state index in [1.165, 1.54) is 41.3 Å². The van der Waals surface area contributed by atoms with Crippen molar-refractivity contribution in [3.8, 4) is 0 Å². The van der Waals surface area contributed by atoms with E-state index >= 15 is 0 Å². The first kappa shape index (κ1) is 20.7. The molecule has 0 atom stereocenters. The largest absolute Gasteiger partial charge is 0.379 e. The first-order valence-electron chi connectivity index (χ1n) is 10.1. The highest BCUT2D eigenvalue weighted by atomic mass is 32.2. The molecule has 0 unspecified atom stereocenters. The third-order valence-electron chi connectivity index (χ3n) is 5.30. The number of ether oxygens (including phenoxy) is 1. The van der Waals surface area contributed by atoms with Crippen LogP contribution in [0.25, 0.3) is 0 Å². The molecule has 0 spiro atoms. The van der Waals surface area contributed by atoms with Crippen molar-refractivity contribution in [2.24, 2.45) is 0 Å². The average molecular weight is 432 g/mol. The van der Waals surface area contributed by atoms with Gasteiger partial charge in [0.2, 0.25) is 10.0 Å². The molecule has 2 aliphatic heterocycles. The van der Waals surface area contributed by atoms with Gasteiger partial charge in [0.15, 0.2) is 0 Å². The second-order valence-electron chi connectivity index (χ2n) is 7.30. The quantitative estimate of drug-likeness (QED) is 0.769. The zero-order valence-corrected chi connectivity index (χ0v) is 17.5. The van der Waals surface area contributed by atoms with Crippen molar-refractivity contribution in [2.75, 3.05) is 49.6 Å². The van der Waals surface area contributed by atoms with E-state index < -0.39 is 10.0 Å². The van der Waals surface area contributed by atoms with Crippen molar-refractivity contribution in [2.45, 2.75) is 24.2 Å². The molecular weight excluding hydrogens is 406 g/mol. The van der Waals surface area contributed by atoms with Crippen LogP contribution < -0.4 is 10.2 Å². The molecule has 0 saturated carbocycles. The van der Waals surface area contributed by atoms with Gasteiger partial charge in [-0.1, -0.05) is 0 Å². The van der Waals surface area contributed by atoms with Gasteiger partial charge in [0.1, 0.15) is 18.0 Å². The maximum absolute atomic E-state index is 12.7. The molecule has 3 heterocycles. The number of nitrogens with one attached hydrogen (secondary N) is 1. The van der Waals surface area contributed by atoms with Gasteiger partial charge in [-0.25, -0.2) is 18.4 Å². The van der Waals surface area contributed by atoms with E-state index in [1.54, 1.807) is 6.07 Å². The Hall–Kier alpha value is -2.56. The lowest BCUT2D eigenvalue weighted by Gasteiger charge is -2.27. The Kier molecular flexibility index (Phi) is 6.26. The number of hydrogen-bond acceptors (Lipinski definition) is 7. The lowest BCUT2D eigenvalue weighted by molar-refractivity contribution is 0.0730. The summed E-state index contributed by atoms with van der Waals surface area (Å²) < 4.78 is 32.0. The Morgan fingerprint density at radius 3 is 2.37 bits per heavy atom. The number of carbonyl (C=O) groups excluding carboxylic acids is 1. The van der Waals surface area contributed by atoms with Gasteiger partial charge in [0.05, 0.1) is 18.1 Å². The maximum Gasteiger partial charge on any atom is 0.256 e. The molecule has 2 aromatic rings. The van der Waals surface area contributed by atoms with E-state index in [9.17, 15) is 13.2 Å². The minimum atomic E-state index is -3.59. The fourth-order valence-electron chi connectivity index (χ4n) is 3.61. The predicted molar refractivity (Wildman–Crippen MR) is 112 cm³/mol. The molecule has 0 radical (unpaired) electrons. The second-order valence-corrected chi connectivity index (χ2v) is 9.24. The van der Waals surface area contributed by atoms with Crippen LogP contribution in [0.1, 0.15) is 29.6 Å². The molecule has 1 N–H and O–H groups in total. The highest BCUT2D eigenvalue weighted by Crippen LogP contribution is 2.21. The fourth-order valence-corrected chi connectivity index (χ4v) is 5.02. The highest BCUT2D eigenvalue weighted by molar-refractivity contribution is 7.89. The second kappa shape index (κ2) is 9.07. The third kappa shape index (κ3) is 4.61. The summed E-state index contributed by atoms with van der Waals surface area (Å²) in [4.78, 5) is 23.4. The third-order valence-corrected chi connectivity index (χ3v) is 7.21. The molecule has 1 aromatic carbocycles. The molecule has 9 nitrogen and oxygen atoms in total. The molecule has 160 valence electrons. The van der Waals surface area contributed by atoms with Crippen LogP contribution in [0.15, 0.2) is 41.6 Å². The number of benzene rings is 1. The summed E-state index contributed by atoms with van der Waals surface area (Å²) in [6.45, 7) is 3.33. The normalized spacial score (nSPS) is 18.2. The van der Waals surface area contributed by atoms with Crippen molar-refractivity contribution >= 4 is 27.6 Å². The Morgan fingerprint density at radius 2 is 1.67 bits per heavy atom. The smallest absolute Gasteiger partial charge is 0.256 e.